The van der Waals surface area contributed by atoms with Gasteiger partial charge in [0.15, 0.2) is 6.61 Å². The molecule has 0 aliphatic heterocycles. The number of hydrogen-bond donors (Lipinski definition) is 1. The Balaban J connectivity index is 1.74. The first-order valence-electron chi connectivity index (χ1n) is 7.50. The van der Waals surface area contributed by atoms with Gasteiger partial charge in [0, 0.05) is 4.47 Å². The van der Waals surface area contributed by atoms with Crippen molar-refractivity contribution in [1.29, 1.82) is 0 Å². The second kappa shape index (κ2) is 8.94. The first-order valence-corrected chi connectivity index (χ1v) is 8.68. The van der Waals surface area contributed by atoms with Crippen molar-refractivity contribution in [3.63, 3.8) is 0 Å². The van der Waals surface area contributed by atoms with E-state index >= 15 is 0 Å². The van der Waals surface area contributed by atoms with E-state index in [1.165, 1.54) is 5.56 Å². The van der Waals surface area contributed by atoms with Crippen LogP contribution < -0.4 is 14.8 Å². The zero-order valence-corrected chi connectivity index (χ0v) is 15.9. The number of hydrogen-bond acceptors (Lipinski definition) is 3. The lowest BCUT2D eigenvalue weighted by atomic mass is 10.2. The first-order chi connectivity index (χ1) is 11.4. The Hall–Kier alpha value is -1.72. The Morgan fingerprint density at radius 1 is 1.21 bits per heavy atom. The van der Waals surface area contributed by atoms with E-state index < -0.39 is 0 Å². The van der Waals surface area contributed by atoms with E-state index in [4.69, 9.17) is 21.1 Å². The summed E-state index contributed by atoms with van der Waals surface area (Å²) >= 11 is 9.36. The van der Waals surface area contributed by atoms with Crippen molar-refractivity contribution in [3.05, 3.63) is 57.5 Å². The van der Waals surface area contributed by atoms with Crippen LogP contribution in [0, 0.1) is 6.92 Å². The average Bonchev–Trinajstić information content (AvgIpc) is 2.53. The van der Waals surface area contributed by atoms with E-state index in [1.54, 1.807) is 18.2 Å². The molecule has 24 heavy (non-hydrogen) atoms. The molecule has 6 heteroatoms. The van der Waals surface area contributed by atoms with Gasteiger partial charge in [0.1, 0.15) is 18.1 Å². The first kappa shape index (κ1) is 18.6. The molecule has 0 radical (unpaired) electrons. The Labute approximate surface area is 155 Å². The van der Waals surface area contributed by atoms with Crippen molar-refractivity contribution >= 4 is 33.4 Å². The molecule has 1 N–H and O–H groups in total. The molecular weight excluding hydrogens is 394 g/mol. The maximum absolute atomic E-state index is 11.9. The number of halogens is 2. The van der Waals surface area contributed by atoms with Crippen molar-refractivity contribution in [2.24, 2.45) is 0 Å². The van der Waals surface area contributed by atoms with E-state index in [9.17, 15) is 4.79 Å². The molecule has 0 saturated carbocycles. The van der Waals surface area contributed by atoms with Crippen LogP contribution in [0.3, 0.4) is 0 Å². The van der Waals surface area contributed by atoms with Gasteiger partial charge in [-0.25, -0.2) is 0 Å². The minimum Gasteiger partial charge on any atom is -0.491 e. The van der Waals surface area contributed by atoms with Crippen LogP contribution in [0.1, 0.15) is 12.5 Å². The third-order valence-corrected chi connectivity index (χ3v) is 3.97. The number of aryl methyl sites for hydroxylation is 1. The molecule has 2 aromatic rings. The average molecular weight is 413 g/mol. The molecule has 0 fully saturated rings. The van der Waals surface area contributed by atoms with Gasteiger partial charge in [0.25, 0.3) is 5.91 Å². The van der Waals surface area contributed by atoms with Gasteiger partial charge in [-0.2, -0.15) is 0 Å². The normalized spacial score (nSPS) is 11.7. The predicted octanol–water partition coefficient (Wildman–Crippen LogP) is 4.37. The van der Waals surface area contributed by atoms with Gasteiger partial charge in [-0.05, 0) is 44.2 Å². The molecule has 0 spiro atoms. The molecule has 128 valence electrons. The molecule has 1 amide bonds. The van der Waals surface area contributed by atoms with Crippen LogP contribution in [0.15, 0.2) is 46.9 Å². The number of ether oxygens (including phenoxy) is 2. The summed E-state index contributed by atoms with van der Waals surface area (Å²) < 4.78 is 11.9. The number of carbonyl (C=O) groups excluding carboxylic acids is 1. The Bertz CT molecular complexity index is 691. The number of amides is 1. The molecule has 0 bridgehead atoms. The molecule has 0 heterocycles. The van der Waals surface area contributed by atoms with Gasteiger partial charge in [-0.15, -0.1) is 0 Å². The van der Waals surface area contributed by atoms with Gasteiger partial charge in [-0.3, -0.25) is 4.79 Å². The lowest BCUT2D eigenvalue weighted by molar-refractivity contribution is -0.123. The lowest BCUT2D eigenvalue weighted by Gasteiger charge is -2.15. The van der Waals surface area contributed by atoms with Crippen LogP contribution >= 0.6 is 27.5 Å². The van der Waals surface area contributed by atoms with Crippen molar-refractivity contribution in [3.8, 4) is 11.5 Å². The van der Waals surface area contributed by atoms with Crippen LogP contribution in [0.5, 0.6) is 11.5 Å². The maximum atomic E-state index is 11.9. The van der Waals surface area contributed by atoms with E-state index in [0.717, 1.165) is 10.2 Å². The molecule has 2 rings (SSSR count). The summed E-state index contributed by atoms with van der Waals surface area (Å²) in [4.78, 5) is 11.9. The summed E-state index contributed by atoms with van der Waals surface area (Å²) in [6, 6.07) is 12.9. The molecule has 0 aliphatic carbocycles. The molecule has 0 aromatic heterocycles. The zero-order chi connectivity index (χ0) is 17.5. The third kappa shape index (κ3) is 6.06. The minimum absolute atomic E-state index is 0.101. The summed E-state index contributed by atoms with van der Waals surface area (Å²) in [6.07, 6.45) is 0. The molecule has 1 unspecified atom stereocenters. The highest BCUT2D eigenvalue weighted by Gasteiger charge is 2.10. The number of rotatable bonds is 7. The number of benzene rings is 2. The van der Waals surface area contributed by atoms with Crippen LogP contribution in [0.25, 0.3) is 0 Å². The second-order valence-corrected chi connectivity index (χ2v) is 6.78. The van der Waals surface area contributed by atoms with Gasteiger partial charge in [0.05, 0.1) is 11.1 Å². The van der Waals surface area contributed by atoms with E-state index in [-0.39, 0.29) is 18.6 Å². The van der Waals surface area contributed by atoms with Gasteiger partial charge >= 0.3 is 0 Å². The highest BCUT2D eigenvalue weighted by atomic mass is 79.9. The summed E-state index contributed by atoms with van der Waals surface area (Å²) in [5.74, 6) is 1.02. The van der Waals surface area contributed by atoms with E-state index in [0.29, 0.717) is 17.4 Å². The minimum atomic E-state index is -0.228. The highest BCUT2D eigenvalue weighted by Crippen LogP contribution is 2.27. The number of nitrogens with one attached hydrogen (secondary N) is 1. The Kier molecular flexibility index (Phi) is 6.94. The maximum Gasteiger partial charge on any atom is 0.258 e. The lowest BCUT2D eigenvalue weighted by Crippen LogP contribution is -2.39. The standard InChI is InChI=1S/C18H19BrClNO3/c1-12-3-6-15(7-4-12)23-10-13(2)21-18(22)11-24-17-8-5-14(19)9-16(17)20/h3-9,13H,10-11H2,1-2H3,(H,21,22). The summed E-state index contributed by atoms with van der Waals surface area (Å²) in [5.41, 5.74) is 1.17. The topological polar surface area (TPSA) is 47.6 Å². The van der Waals surface area contributed by atoms with Crippen LogP contribution in [-0.2, 0) is 4.79 Å². The summed E-state index contributed by atoms with van der Waals surface area (Å²) in [5, 5.41) is 3.27. The molecular formula is C18H19BrClNO3. The Morgan fingerprint density at radius 3 is 2.58 bits per heavy atom. The largest absolute Gasteiger partial charge is 0.491 e. The quantitative estimate of drug-likeness (QED) is 0.734. The summed E-state index contributed by atoms with van der Waals surface area (Å²) in [7, 11) is 0. The zero-order valence-electron chi connectivity index (χ0n) is 13.5. The van der Waals surface area contributed by atoms with Crippen LogP contribution in [0.4, 0.5) is 0 Å². The molecule has 0 saturated heterocycles. The van der Waals surface area contributed by atoms with Crippen LogP contribution in [-0.4, -0.2) is 25.2 Å². The third-order valence-electron chi connectivity index (χ3n) is 3.18. The van der Waals surface area contributed by atoms with Crippen molar-refractivity contribution in [1.82, 2.24) is 5.32 Å². The van der Waals surface area contributed by atoms with Gasteiger partial charge in [0.2, 0.25) is 0 Å². The fourth-order valence-electron chi connectivity index (χ4n) is 1.95. The smallest absolute Gasteiger partial charge is 0.258 e. The van der Waals surface area contributed by atoms with Gasteiger partial charge in [-0.1, -0.05) is 45.2 Å². The Morgan fingerprint density at radius 2 is 1.92 bits per heavy atom. The molecule has 4 nitrogen and oxygen atoms in total. The van der Waals surface area contributed by atoms with E-state index in [2.05, 4.69) is 21.2 Å². The molecule has 0 aliphatic rings. The fourth-order valence-corrected chi connectivity index (χ4v) is 2.68. The molecule has 1 atom stereocenters. The predicted molar refractivity (Wildman–Crippen MR) is 98.9 cm³/mol. The van der Waals surface area contributed by atoms with Crippen molar-refractivity contribution in [2.75, 3.05) is 13.2 Å². The summed E-state index contributed by atoms with van der Waals surface area (Å²) in [6.45, 7) is 4.17. The monoisotopic (exact) mass is 411 g/mol. The van der Waals surface area contributed by atoms with Gasteiger partial charge < -0.3 is 14.8 Å². The molecule has 2 aromatic carbocycles. The fraction of sp³-hybridized carbons (Fsp3) is 0.278. The highest BCUT2D eigenvalue weighted by molar-refractivity contribution is 9.10. The number of carbonyl (C=O) groups is 1. The SMILES string of the molecule is Cc1ccc(OCC(C)NC(=O)COc2ccc(Br)cc2Cl)cc1. The second-order valence-electron chi connectivity index (χ2n) is 5.46. The van der Waals surface area contributed by atoms with Crippen LogP contribution in [0.2, 0.25) is 5.02 Å². The van der Waals surface area contributed by atoms with E-state index in [1.807, 2.05) is 38.1 Å². The van der Waals surface area contributed by atoms with Crippen molar-refractivity contribution < 1.29 is 14.3 Å². The van der Waals surface area contributed by atoms with Crippen molar-refractivity contribution in [2.45, 2.75) is 19.9 Å².